The Bertz CT molecular complexity index is 901. The molecule has 0 radical (unpaired) electrons. The van der Waals surface area contributed by atoms with Crippen LogP contribution in [0.2, 0.25) is 0 Å². The van der Waals surface area contributed by atoms with Gasteiger partial charge in [-0.3, -0.25) is 4.79 Å². The number of thioether (sulfide) groups is 1. The van der Waals surface area contributed by atoms with Crippen molar-refractivity contribution in [3.63, 3.8) is 0 Å². The summed E-state index contributed by atoms with van der Waals surface area (Å²) in [6.07, 6.45) is 0.658. The van der Waals surface area contributed by atoms with E-state index in [-0.39, 0.29) is 17.5 Å². The summed E-state index contributed by atoms with van der Waals surface area (Å²) in [5.74, 6) is 0.708. The zero-order valence-corrected chi connectivity index (χ0v) is 16.8. The molecule has 0 unspecified atom stereocenters. The average molecular weight is 419 g/mol. The van der Waals surface area contributed by atoms with Gasteiger partial charge in [-0.15, -0.1) is 10.2 Å². The molecule has 2 aromatic carbocycles. The average Bonchev–Trinajstić information content (AvgIpc) is 3.16. The number of carbonyl (C=O) groups is 1. The van der Waals surface area contributed by atoms with Crippen molar-refractivity contribution < 1.29 is 13.9 Å². The van der Waals surface area contributed by atoms with Crippen LogP contribution in [-0.2, 0) is 11.2 Å². The standard InChI is InChI=1S/C19H19FN4O2S2/c1-26-16-8-6-15(7-9-16)22-18-23-24-19(28-18)27-12-17(25)21-11-10-13-2-4-14(20)5-3-13/h2-9H,10-12H2,1H3,(H,21,25)(H,22,23). The molecule has 3 rings (SSSR count). The van der Waals surface area contributed by atoms with Gasteiger partial charge in [-0.2, -0.15) is 0 Å². The maximum absolute atomic E-state index is 12.9. The largest absolute Gasteiger partial charge is 0.497 e. The Labute approximate surface area is 170 Å². The highest BCUT2D eigenvalue weighted by Gasteiger charge is 2.08. The van der Waals surface area contributed by atoms with Crippen LogP contribution in [0.15, 0.2) is 52.9 Å². The molecule has 0 saturated heterocycles. The van der Waals surface area contributed by atoms with E-state index in [2.05, 4.69) is 20.8 Å². The van der Waals surface area contributed by atoms with E-state index in [1.807, 2.05) is 24.3 Å². The summed E-state index contributed by atoms with van der Waals surface area (Å²) in [6.45, 7) is 0.505. The number of ether oxygens (including phenoxy) is 1. The fourth-order valence-corrected chi connectivity index (χ4v) is 3.89. The first-order chi connectivity index (χ1) is 13.6. The number of methoxy groups -OCH3 is 1. The van der Waals surface area contributed by atoms with Crippen molar-refractivity contribution in [3.8, 4) is 5.75 Å². The Hall–Kier alpha value is -2.65. The van der Waals surface area contributed by atoms with Gasteiger partial charge in [0.1, 0.15) is 11.6 Å². The number of benzene rings is 2. The topological polar surface area (TPSA) is 76.1 Å². The van der Waals surface area contributed by atoms with Crippen LogP contribution in [0.5, 0.6) is 5.75 Å². The van der Waals surface area contributed by atoms with E-state index in [1.165, 1.54) is 35.2 Å². The minimum absolute atomic E-state index is 0.0769. The monoisotopic (exact) mass is 418 g/mol. The van der Waals surface area contributed by atoms with E-state index < -0.39 is 0 Å². The molecule has 0 aliphatic carbocycles. The van der Waals surface area contributed by atoms with Gasteiger partial charge in [0.05, 0.1) is 12.9 Å². The molecule has 0 aliphatic heterocycles. The minimum atomic E-state index is -0.262. The van der Waals surface area contributed by atoms with Crippen molar-refractivity contribution >= 4 is 39.8 Å². The second-order valence-corrected chi connectivity index (χ2v) is 7.94. The van der Waals surface area contributed by atoms with Gasteiger partial charge in [0.2, 0.25) is 11.0 Å². The number of nitrogens with zero attached hydrogens (tertiary/aromatic N) is 2. The van der Waals surface area contributed by atoms with Crippen LogP contribution in [-0.4, -0.2) is 35.5 Å². The third-order valence-corrected chi connectivity index (χ3v) is 5.70. The molecule has 1 heterocycles. The summed E-state index contributed by atoms with van der Waals surface area (Å²) < 4.78 is 18.7. The van der Waals surface area contributed by atoms with Crippen molar-refractivity contribution in [1.82, 2.24) is 15.5 Å². The highest BCUT2D eigenvalue weighted by atomic mass is 32.2. The first-order valence-electron chi connectivity index (χ1n) is 8.51. The lowest BCUT2D eigenvalue weighted by atomic mass is 10.1. The lowest BCUT2D eigenvalue weighted by molar-refractivity contribution is -0.118. The van der Waals surface area contributed by atoms with Crippen molar-refractivity contribution in [1.29, 1.82) is 0 Å². The number of aromatic nitrogens is 2. The van der Waals surface area contributed by atoms with E-state index in [4.69, 9.17) is 4.74 Å². The van der Waals surface area contributed by atoms with Crippen LogP contribution in [0.3, 0.4) is 0 Å². The predicted molar refractivity (Wildman–Crippen MR) is 110 cm³/mol. The number of hydrogen-bond donors (Lipinski definition) is 2. The molecule has 0 atom stereocenters. The summed E-state index contributed by atoms with van der Waals surface area (Å²) in [5, 5.41) is 14.8. The van der Waals surface area contributed by atoms with Crippen molar-refractivity contribution in [2.75, 3.05) is 24.7 Å². The normalized spacial score (nSPS) is 10.5. The molecule has 0 aliphatic rings. The molecule has 6 nitrogen and oxygen atoms in total. The smallest absolute Gasteiger partial charge is 0.230 e. The number of carbonyl (C=O) groups excluding carboxylic acids is 1. The van der Waals surface area contributed by atoms with Gasteiger partial charge in [0, 0.05) is 12.2 Å². The van der Waals surface area contributed by atoms with E-state index in [1.54, 1.807) is 19.2 Å². The SMILES string of the molecule is COc1ccc(Nc2nnc(SCC(=O)NCCc3ccc(F)cc3)s2)cc1. The van der Waals surface area contributed by atoms with Crippen LogP contribution in [0.4, 0.5) is 15.2 Å². The van der Waals surface area contributed by atoms with Crippen LogP contribution in [0.25, 0.3) is 0 Å². The third kappa shape index (κ3) is 6.21. The third-order valence-electron chi connectivity index (χ3n) is 3.72. The summed E-state index contributed by atoms with van der Waals surface area (Å²) in [4.78, 5) is 12.0. The molecule has 2 N–H and O–H groups in total. The van der Waals surface area contributed by atoms with Crippen LogP contribution < -0.4 is 15.4 Å². The van der Waals surface area contributed by atoms with Crippen molar-refractivity contribution in [3.05, 3.63) is 59.9 Å². The number of rotatable bonds is 9. The Morgan fingerprint density at radius 1 is 1.14 bits per heavy atom. The predicted octanol–water partition coefficient (Wildman–Crippen LogP) is 3.88. The lowest BCUT2D eigenvalue weighted by Gasteiger charge is -2.04. The number of hydrogen-bond acceptors (Lipinski definition) is 7. The molecule has 9 heteroatoms. The van der Waals surface area contributed by atoms with E-state index in [9.17, 15) is 9.18 Å². The zero-order valence-electron chi connectivity index (χ0n) is 15.1. The van der Waals surface area contributed by atoms with Crippen LogP contribution in [0, 0.1) is 5.82 Å². The fraction of sp³-hybridized carbons (Fsp3) is 0.211. The first kappa shape index (κ1) is 20.1. The van der Waals surface area contributed by atoms with Gasteiger partial charge in [0.15, 0.2) is 4.34 Å². The summed E-state index contributed by atoms with van der Waals surface area (Å²) >= 11 is 2.72. The Morgan fingerprint density at radius 3 is 2.61 bits per heavy atom. The molecule has 0 spiro atoms. The molecule has 3 aromatic rings. The molecule has 1 aromatic heterocycles. The Kier molecular flexibility index (Phi) is 7.21. The van der Waals surface area contributed by atoms with E-state index in [0.717, 1.165) is 17.0 Å². The minimum Gasteiger partial charge on any atom is -0.497 e. The van der Waals surface area contributed by atoms with E-state index >= 15 is 0 Å². The number of halogens is 1. The summed E-state index contributed by atoms with van der Waals surface area (Å²) in [5.41, 5.74) is 1.86. The molecule has 0 fully saturated rings. The van der Waals surface area contributed by atoms with Crippen molar-refractivity contribution in [2.45, 2.75) is 10.8 Å². The van der Waals surface area contributed by atoms with Gasteiger partial charge >= 0.3 is 0 Å². The highest BCUT2D eigenvalue weighted by molar-refractivity contribution is 8.01. The molecule has 0 bridgehead atoms. The maximum atomic E-state index is 12.9. The van der Waals surface area contributed by atoms with Gasteiger partial charge < -0.3 is 15.4 Å². The van der Waals surface area contributed by atoms with Crippen molar-refractivity contribution in [2.24, 2.45) is 0 Å². The molecule has 146 valence electrons. The Morgan fingerprint density at radius 2 is 1.89 bits per heavy atom. The maximum Gasteiger partial charge on any atom is 0.230 e. The molecule has 1 amide bonds. The van der Waals surface area contributed by atoms with E-state index in [0.29, 0.717) is 22.4 Å². The molecule has 28 heavy (non-hydrogen) atoms. The van der Waals surface area contributed by atoms with Gasteiger partial charge in [0.25, 0.3) is 0 Å². The Balaban J connectivity index is 1.39. The summed E-state index contributed by atoms with van der Waals surface area (Å²) in [6, 6.07) is 13.8. The zero-order chi connectivity index (χ0) is 19.8. The number of amides is 1. The molecular weight excluding hydrogens is 399 g/mol. The molecule has 0 saturated carbocycles. The molecular formula is C19H19FN4O2S2. The second kappa shape index (κ2) is 10.0. The summed E-state index contributed by atoms with van der Waals surface area (Å²) in [7, 11) is 1.62. The lowest BCUT2D eigenvalue weighted by Crippen LogP contribution is -2.27. The first-order valence-corrected chi connectivity index (χ1v) is 10.3. The van der Waals surface area contributed by atoms with Crippen LogP contribution in [0.1, 0.15) is 5.56 Å². The highest BCUT2D eigenvalue weighted by Crippen LogP contribution is 2.28. The quantitative estimate of drug-likeness (QED) is 0.514. The van der Waals surface area contributed by atoms with Gasteiger partial charge in [-0.05, 0) is 48.4 Å². The number of nitrogens with one attached hydrogen (secondary N) is 2. The second-order valence-electron chi connectivity index (χ2n) is 5.74. The fourth-order valence-electron chi connectivity index (χ4n) is 2.29. The van der Waals surface area contributed by atoms with Crippen LogP contribution >= 0.6 is 23.1 Å². The number of anilines is 2. The van der Waals surface area contributed by atoms with Gasteiger partial charge in [-0.25, -0.2) is 4.39 Å². The van der Waals surface area contributed by atoms with Gasteiger partial charge in [-0.1, -0.05) is 35.2 Å².